The third-order valence-electron chi connectivity index (χ3n) is 14.7. The van der Waals surface area contributed by atoms with Gasteiger partial charge in [-0.05, 0) is 109 Å². The van der Waals surface area contributed by atoms with Crippen molar-refractivity contribution in [1.29, 1.82) is 0 Å². The van der Waals surface area contributed by atoms with Crippen LogP contribution in [0.25, 0.3) is 0 Å². The maximum atomic E-state index is 12.9. The molecule has 85 heavy (non-hydrogen) atoms. The fraction of sp³-hybridized carbons (Fsp3) is 0.697. The van der Waals surface area contributed by atoms with Crippen molar-refractivity contribution < 1.29 is 42.9 Å². The van der Waals surface area contributed by atoms with Gasteiger partial charge in [-0.3, -0.25) is 9.59 Å². The number of unbranched alkanes of at least 4 members (excludes halogenated alkanes) is 28. The Bertz CT molecular complexity index is 1810. The summed E-state index contributed by atoms with van der Waals surface area (Å²) in [5.41, 5.74) is 0. The summed E-state index contributed by atoms with van der Waals surface area (Å²) in [6.45, 7) is 4.75. The molecular formula is C76H130NO8+. The first kappa shape index (κ1) is 80.7. The van der Waals surface area contributed by atoms with Gasteiger partial charge in [0.15, 0.2) is 6.10 Å². The van der Waals surface area contributed by atoms with Gasteiger partial charge in [-0.25, -0.2) is 4.79 Å². The first-order valence-electron chi connectivity index (χ1n) is 34.7. The predicted molar refractivity (Wildman–Crippen MR) is 364 cm³/mol. The number of nitrogens with zero attached hydrogens (tertiary/aromatic N) is 1. The molecule has 0 radical (unpaired) electrons. The molecule has 1 N–H and O–H groups in total. The first-order chi connectivity index (χ1) is 41.6. The second kappa shape index (κ2) is 65.7. The van der Waals surface area contributed by atoms with Gasteiger partial charge >= 0.3 is 17.9 Å². The molecule has 2 unspecified atom stereocenters. The zero-order valence-corrected chi connectivity index (χ0v) is 55.5. The van der Waals surface area contributed by atoms with E-state index in [0.29, 0.717) is 23.9 Å². The van der Waals surface area contributed by atoms with Gasteiger partial charge < -0.3 is 28.5 Å². The fourth-order valence-corrected chi connectivity index (χ4v) is 9.41. The number of hydrogen-bond acceptors (Lipinski definition) is 7. The van der Waals surface area contributed by atoms with E-state index in [4.69, 9.17) is 18.9 Å². The molecule has 0 aromatic rings. The molecule has 0 rings (SSSR count). The lowest BCUT2D eigenvalue weighted by molar-refractivity contribution is -0.870. The first-order valence-corrected chi connectivity index (χ1v) is 34.7. The Morgan fingerprint density at radius 1 is 0.365 bits per heavy atom. The van der Waals surface area contributed by atoms with Crippen LogP contribution in [-0.2, 0) is 33.3 Å². The molecule has 0 aliphatic carbocycles. The second-order valence-corrected chi connectivity index (χ2v) is 24.1. The van der Waals surface area contributed by atoms with Crippen molar-refractivity contribution in [2.45, 2.75) is 296 Å². The third kappa shape index (κ3) is 67.1. The van der Waals surface area contributed by atoms with Crippen LogP contribution in [0, 0.1) is 0 Å². The Morgan fingerprint density at radius 2 is 0.671 bits per heavy atom. The van der Waals surface area contributed by atoms with Crippen LogP contribution in [0.4, 0.5) is 0 Å². The summed E-state index contributed by atoms with van der Waals surface area (Å²) in [6.07, 6.45) is 90.1. The zero-order valence-electron chi connectivity index (χ0n) is 55.5. The van der Waals surface area contributed by atoms with E-state index < -0.39 is 24.3 Å². The summed E-state index contributed by atoms with van der Waals surface area (Å²) in [7, 11) is 5.97. The smallest absolute Gasteiger partial charge is 0.361 e. The van der Waals surface area contributed by atoms with E-state index >= 15 is 0 Å². The molecule has 486 valence electrons. The van der Waals surface area contributed by atoms with Crippen LogP contribution in [0.5, 0.6) is 0 Å². The van der Waals surface area contributed by atoms with Crippen LogP contribution in [0.2, 0.25) is 0 Å². The highest BCUT2D eigenvalue weighted by molar-refractivity contribution is 5.71. The molecule has 0 amide bonds. The molecular weight excluding hydrogens is 1050 g/mol. The Hall–Kier alpha value is -4.31. The number of allylic oxidation sites excluding steroid dienone is 20. The van der Waals surface area contributed by atoms with Gasteiger partial charge in [0.05, 0.1) is 34.4 Å². The molecule has 0 heterocycles. The normalized spacial score (nSPS) is 13.5. The van der Waals surface area contributed by atoms with Crippen molar-refractivity contribution >= 4 is 17.9 Å². The average molecular weight is 1190 g/mol. The maximum absolute atomic E-state index is 12.9. The number of esters is 2. The summed E-state index contributed by atoms with van der Waals surface area (Å²) >= 11 is 0. The van der Waals surface area contributed by atoms with Crippen LogP contribution in [0.1, 0.15) is 284 Å². The summed E-state index contributed by atoms with van der Waals surface area (Å²) in [6, 6.07) is 0. The summed E-state index contributed by atoms with van der Waals surface area (Å²) in [4.78, 5) is 37.6. The van der Waals surface area contributed by atoms with Crippen LogP contribution in [-0.4, -0.2) is 87.4 Å². The lowest BCUT2D eigenvalue weighted by atomic mass is 10.0. The average Bonchev–Trinajstić information content (AvgIpc) is 3.49. The number of quaternary nitrogens is 1. The SMILES string of the molecule is CC/C=C\C/C=C\C/C=C\C/C=C\C/C=C\C/C=C\C/C=C\CCCCCCCCCCCC(=O)OC(COC(=O)CCCCCCCCCCCCCCCC/C=C\C/C=C\C/C=C\CCCCCCC)COC(OCC[N+](C)(C)C)C(=O)O. The van der Waals surface area contributed by atoms with E-state index in [2.05, 4.69) is 135 Å². The molecule has 0 aliphatic rings. The van der Waals surface area contributed by atoms with Gasteiger partial charge in [0.1, 0.15) is 13.2 Å². The molecule has 9 nitrogen and oxygen atoms in total. The number of carbonyl (C=O) groups excluding carboxylic acids is 2. The number of aliphatic carboxylic acids is 1. The quantitative estimate of drug-likeness (QED) is 0.0211. The summed E-state index contributed by atoms with van der Waals surface area (Å²) in [5.74, 6) is -2.02. The van der Waals surface area contributed by atoms with E-state index in [1.165, 1.54) is 148 Å². The van der Waals surface area contributed by atoms with Crippen molar-refractivity contribution in [2.24, 2.45) is 0 Å². The highest BCUT2D eigenvalue weighted by Crippen LogP contribution is 2.16. The third-order valence-corrected chi connectivity index (χ3v) is 14.7. The van der Waals surface area contributed by atoms with E-state index in [9.17, 15) is 19.5 Å². The van der Waals surface area contributed by atoms with Crippen molar-refractivity contribution in [3.8, 4) is 0 Å². The number of carboxylic acid groups (broad SMARTS) is 1. The number of carboxylic acids is 1. The van der Waals surface area contributed by atoms with Gasteiger partial charge in [-0.15, -0.1) is 0 Å². The molecule has 0 saturated carbocycles. The lowest BCUT2D eigenvalue weighted by Gasteiger charge is -2.25. The Labute approximate surface area is 523 Å². The topological polar surface area (TPSA) is 108 Å². The van der Waals surface area contributed by atoms with E-state index in [-0.39, 0.29) is 32.2 Å². The summed E-state index contributed by atoms with van der Waals surface area (Å²) < 4.78 is 23.0. The number of carbonyl (C=O) groups is 3. The van der Waals surface area contributed by atoms with Crippen molar-refractivity contribution in [1.82, 2.24) is 0 Å². The van der Waals surface area contributed by atoms with Crippen molar-refractivity contribution in [3.63, 3.8) is 0 Å². The highest BCUT2D eigenvalue weighted by atomic mass is 16.7. The molecule has 0 aliphatic heterocycles. The van der Waals surface area contributed by atoms with E-state index in [1.54, 1.807) is 0 Å². The maximum Gasteiger partial charge on any atom is 0.361 e. The zero-order chi connectivity index (χ0) is 61.9. The fourth-order valence-electron chi connectivity index (χ4n) is 9.41. The molecule has 0 fully saturated rings. The van der Waals surface area contributed by atoms with Crippen LogP contribution >= 0.6 is 0 Å². The minimum absolute atomic E-state index is 0.181. The lowest BCUT2D eigenvalue weighted by Crippen LogP contribution is -2.40. The van der Waals surface area contributed by atoms with Gasteiger partial charge in [-0.1, -0.05) is 283 Å². The highest BCUT2D eigenvalue weighted by Gasteiger charge is 2.25. The predicted octanol–water partition coefficient (Wildman–Crippen LogP) is 21.6. The van der Waals surface area contributed by atoms with Crippen LogP contribution < -0.4 is 0 Å². The van der Waals surface area contributed by atoms with Crippen molar-refractivity contribution in [3.05, 3.63) is 122 Å². The van der Waals surface area contributed by atoms with E-state index in [0.717, 1.165) is 103 Å². The largest absolute Gasteiger partial charge is 0.477 e. The number of hydrogen-bond donors (Lipinski definition) is 1. The van der Waals surface area contributed by atoms with Gasteiger partial charge in [0.2, 0.25) is 0 Å². The molecule has 9 heteroatoms. The van der Waals surface area contributed by atoms with Crippen LogP contribution in [0.3, 0.4) is 0 Å². The standard InChI is InChI=1S/C76H129NO8/c1-6-8-10-12-14-16-18-20-22-24-26-28-30-32-34-36-37-39-41-43-45-47-49-51-53-55-57-59-61-63-65-67-74(79)85-72(71-84-76(75(80)81)82-69-68-77(3,4)5)70-83-73(78)66-64-62-60-58-56-54-52-50-48-46-44-42-40-38-35-33-31-29-27-25-23-21-19-17-15-13-11-9-7-2/h8,10,14,16,19-22,25-28,31-34,37,39,43,45,72,76H,6-7,9,11-13,15,17-18,23-24,29-30,35-36,38,40-42,44,46-71H2,1-5H3/p+1/b10-8-,16-14-,21-19-,22-20-,27-25-,28-26-,33-31-,34-32-,39-37-,45-43-. The van der Waals surface area contributed by atoms with E-state index in [1.807, 2.05) is 21.1 Å². The van der Waals surface area contributed by atoms with Gasteiger partial charge in [0.25, 0.3) is 6.29 Å². The van der Waals surface area contributed by atoms with Gasteiger partial charge in [-0.2, -0.15) is 0 Å². The Morgan fingerprint density at radius 3 is 1.00 bits per heavy atom. The summed E-state index contributed by atoms with van der Waals surface area (Å²) in [5, 5.41) is 9.75. The molecule has 0 bridgehead atoms. The minimum Gasteiger partial charge on any atom is -0.477 e. The molecule has 0 spiro atoms. The molecule has 0 aromatic carbocycles. The second-order valence-electron chi connectivity index (χ2n) is 24.1. The van der Waals surface area contributed by atoms with Gasteiger partial charge in [0, 0.05) is 12.8 Å². The number of ether oxygens (including phenoxy) is 4. The van der Waals surface area contributed by atoms with Crippen molar-refractivity contribution in [2.75, 3.05) is 47.5 Å². The minimum atomic E-state index is -1.52. The molecule has 0 saturated heterocycles. The Kier molecular flexibility index (Phi) is 62.3. The number of rotatable bonds is 63. The molecule has 0 aromatic heterocycles. The molecule has 2 atom stereocenters. The monoisotopic (exact) mass is 1180 g/mol. The number of likely N-dealkylation sites (N-methyl/N-ethyl adjacent to an activating group) is 1. The van der Waals surface area contributed by atoms with Crippen LogP contribution in [0.15, 0.2) is 122 Å². The Balaban J connectivity index is 4.18.